The van der Waals surface area contributed by atoms with Crippen molar-refractivity contribution in [2.75, 3.05) is 38.3 Å². The molecule has 2 N–H and O–H groups in total. The van der Waals surface area contributed by atoms with Crippen LogP contribution in [0.2, 0.25) is 5.02 Å². The Hall–Kier alpha value is -3.86. The van der Waals surface area contributed by atoms with Crippen LogP contribution in [-0.4, -0.2) is 58.2 Å². The van der Waals surface area contributed by atoms with E-state index in [4.69, 9.17) is 16.3 Å². The number of nitrogens with one attached hydrogen (secondary N) is 1. The van der Waals surface area contributed by atoms with Gasteiger partial charge in [0.25, 0.3) is 5.56 Å². The number of imidazole rings is 1. The summed E-state index contributed by atoms with van der Waals surface area (Å²) in [5.74, 6) is -0.699. The smallest absolute Gasteiger partial charge is 0.332 e. The summed E-state index contributed by atoms with van der Waals surface area (Å²) in [6.07, 6.45) is 5.51. The first kappa shape index (κ1) is 28.7. The molecule has 216 valence electrons. The number of rotatable bonds is 8. The van der Waals surface area contributed by atoms with Crippen LogP contribution in [0.4, 0.5) is 10.1 Å². The summed E-state index contributed by atoms with van der Waals surface area (Å²) in [6, 6.07) is 9.36. The van der Waals surface area contributed by atoms with Gasteiger partial charge in [-0.3, -0.25) is 9.36 Å². The number of hydrogen-bond donors (Lipinski definition) is 2. The van der Waals surface area contributed by atoms with Crippen molar-refractivity contribution in [1.82, 2.24) is 19.0 Å². The number of halogens is 2. The number of aromatic hydroxyl groups is 1. The number of piperazine rings is 1. The molecule has 0 saturated carbocycles. The van der Waals surface area contributed by atoms with E-state index in [1.165, 1.54) is 21.3 Å². The van der Waals surface area contributed by atoms with Crippen LogP contribution in [-0.2, 0) is 18.3 Å². The van der Waals surface area contributed by atoms with Gasteiger partial charge in [-0.1, -0.05) is 17.7 Å². The van der Waals surface area contributed by atoms with Gasteiger partial charge in [0.1, 0.15) is 17.3 Å². The van der Waals surface area contributed by atoms with Crippen molar-refractivity contribution in [2.24, 2.45) is 7.05 Å². The lowest BCUT2D eigenvalue weighted by molar-refractivity contribution is 0.190. The van der Waals surface area contributed by atoms with E-state index in [1.807, 2.05) is 4.90 Å². The van der Waals surface area contributed by atoms with E-state index in [0.29, 0.717) is 55.2 Å². The molecule has 41 heavy (non-hydrogen) atoms. The maximum atomic E-state index is 15.1. The minimum absolute atomic E-state index is 0.145. The van der Waals surface area contributed by atoms with E-state index in [2.05, 4.69) is 12.2 Å². The van der Waals surface area contributed by atoms with Gasteiger partial charge in [0.15, 0.2) is 0 Å². The number of anilines is 1. The average Bonchev–Trinajstić information content (AvgIpc) is 3.28. The van der Waals surface area contributed by atoms with Gasteiger partial charge < -0.3 is 29.2 Å². The topological polar surface area (TPSA) is 93.7 Å². The normalized spacial score (nSPS) is 15.4. The van der Waals surface area contributed by atoms with Crippen LogP contribution in [0.3, 0.4) is 0 Å². The van der Waals surface area contributed by atoms with Gasteiger partial charge >= 0.3 is 5.69 Å². The van der Waals surface area contributed by atoms with Gasteiger partial charge in [0, 0.05) is 88.3 Å². The summed E-state index contributed by atoms with van der Waals surface area (Å²) in [5.41, 5.74) is 2.05. The Bertz CT molecular complexity index is 1700. The Morgan fingerprint density at radius 1 is 1.10 bits per heavy atom. The maximum absolute atomic E-state index is 15.1. The molecular formula is C30H33ClFN5O4. The molecule has 2 aromatic carbocycles. The predicted molar refractivity (Wildman–Crippen MR) is 159 cm³/mol. The molecular weight excluding hydrogens is 549 g/mol. The number of benzene rings is 2. The molecule has 3 heterocycles. The van der Waals surface area contributed by atoms with Crippen LogP contribution in [0.15, 0.2) is 64.6 Å². The highest BCUT2D eigenvalue weighted by Gasteiger charge is 2.22. The van der Waals surface area contributed by atoms with Crippen molar-refractivity contribution in [3.63, 3.8) is 0 Å². The fourth-order valence-electron chi connectivity index (χ4n) is 5.25. The fourth-order valence-corrected chi connectivity index (χ4v) is 5.52. The molecule has 11 heteroatoms. The number of aromatic nitrogens is 3. The molecule has 1 fully saturated rings. The SMILES string of the molecule is COCCCn1cc(-c2cc(F)cc(-c3ccc(-n4ccn(C)c4=O)c(Cl)c3)c2O)cc(N2CCN[C@H](C)C2)c1=O. The molecule has 0 aliphatic carbocycles. The summed E-state index contributed by atoms with van der Waals surface area (Å²) in [7, 11) is 3.25. The highest BCUT2D eigenvalue weighted by molar-refractivity contribution is 6.32. The maximum Gasteiger partial charge on any atom is 0.332 e. The Morgan fingerprint density at radius 3 is 2.51 bits per heavy atom. The number of methoxy groups -OCH3 is 1. The van der Waals surface area contributed by atoms with Crippen molar-refractivity contribution in [3.8, 4) is 33.7 Å². The summed E-state index contributed by atoms with van der Waals surface area (Å²) < 4.78 is 24.7. The number of pyridine rings is 1. The number of phenolic OH excluding ortho intramolecular Hbond substituents is 1. The summed E-state index contributed by atoms with van der Waals surface area (Å²) >= 11 is 6.56. The van der Waals surface area contributed by atoms with E-state index in [0.717, 1.165) is 6.54 Å². The Balaban J connectivity index is 1.60. The first-order valence-corrected chi connectivity index (χ1v) is 13.8. The second-order valence-corrected chi connectivity index (χ2v) is 10.7. The van der Waals surface area contributed by atoms with E-state index in [1.54, 1.807) is 61.6 Å². The molecule has 0 bridgehead atoms. The predicted octanol–water partition coefficient (Wildman–Crippen LogP) is 4.00. The van der Waals surface area contributed by atoms with Gasteiger partial charge in [-0.05, 0) is 49.2 Å². The van der Waals surface area contributed by atoms with E-state index in [-0.39, 0.29) is 39.2 Å². The second-order valence-electron chi connectivity index (χ2n) is 10.3. The lowest BCUT2D eigenvalue weighted by Crippen LogP contribution is -2.51. The van der Waals surface area contributed by atoms with Crippen molar-refractivity contribution < 1.29 is 14.2 Å². The van der Waals surface area contributed by atoms with Gasteiger partial charge in [-0.25, -0.2) is 9.18 Å². The van der Waals surface area contributed by atoms with Crippen LogP contribution in [0.1, 0.15) is 13.3 Å². The number of hydrogen-bond acceptors (Lipinski definition) is 6. The van der Waals surface area contributed by atoms with Crippen LogP contribution in [0, 0.1) is 5.82 Å². The van der Waals surface area contributed by atoms with Crippen molar-refractivity contribution >= 4 is 17.3 Å². The summed E-state index contributed by atoms with van der Waals surface area (Å²) in [5, 5.41) is 15.1. The lowest BCUT2D eigenvalue weighted by Gasteiger charge is -2.33. The third kappa shape index (κ3) is 5.81. The number of ether oxygens (including phenoxy) is 1. The van der Waals surface area contributed by atoms with E-state index in [9.17, 15) is 14.7 Å². The Labute approximate surface area is 242 Å². The Kier molecular flexibility index (Phi) is 8.35. The van der Waals surface area contributed by atoms with E-state index >= 15 is 4.39 Å². The third-order valence-electron chi connectivity index (χ3n) is 7.38. The van der Waals surface area contributed by atoms with Gasteiger partial charge in [-0.15, -0.1) is 0 Å². The van der Waals surface area contributed by atoms with Gasteiger partial charge in [-0.2, -0.15) is 0 Å². The van der Waals surface area contributed by atoms with Crippen molar-refractivity contribution in [2.45, 2.75) is 25.9 Å². The highest BCUT2D eigenvalue weighted by Crippen LogP contribution is 2.40. The van der Waals surface area contributed by atoms with Crippen molar-refractivity contribution in [3.05, 3.63) is 86.7 Å². The van der Waals surface area contributed by atoms with Gasteiger partial charge in [0.05, 0.1) is 10.7 Å². The van der Waals surface area contributed by atoms with Crippen LogP contribution < -0.4 is 21.5 Å². The molecule has 0 unspecified atom stereocenters. The fraction of sp³-hybridized carbons (Fsp3) is 0.333. The summed E-state index contributed by atoms with van der Waals surface area (Å²) in [6.45, 7) is 4.98. The Morgan fingerprint density at radius 2 is 1.85 bits per heavy atom. The quantitative estimate of drug-likeness (QED) is 0.306. The monoisotopic (exact) mass is 581 g/mol. The molecule has 1 atom stereocenters. The first-order chi connectivity index (χ1) is 19.7. The minimum atomic E-state index is -0.554. The van der Waals surface area contributed by atoms with Crippen LogP contribution in [0.5, 0.6) is 5.75 Å². The van der Waals surface area contributed by atoms with E-state index < -0.39 is 5.82 Å². The molecule has 0 spiro atoms. The molecule has 4 aromatic rings. The van der Waals surface area contributed by atoms with Crippen molar-refractivity contribution in [1.29, 1.82) is 0 Å². The molecule has 2 aromatic heterocycles. The summed E-state index contributed by atoms with van der Waals surface area (Å²) in [4.78, 5) is 27.9. The lowest BCUT2D eigenvalue weighted by atomic mass is 9.97. The number of nitrogens with zero attached hydrogens (tertiary/aromatic N) is 4. The molecule has 0 amide bonds. The van der Waals surface area contributed by atoms with Crippen LogP contribution in [0.25, 0.3) is 27.9 Å². The second kappa shape index (κ2) is 11.9. The molecule has 9 nitrogen and oxygen atoms in total. The third-order valence-corrected chi connectivity index (χ3v) is 7.68. The molecule has 5 rings (SSSR count). The minimum Gasteiger partial charge on any atom is -0.507 e. The highest BCUT2D eigenvalue weighted by atomic mass is 35.5. The standard InChI is InChI=1S/C30H33ClFN5O4/c1-19-17-35(9-7-33-19)27-14-21(18-36(29(27)39)8-4-12-41-3)24-16-22(32)15-23(28(24)38)20-5-6-26(25(31)13-20)37-11-10-34(2)30(37)40/h5-6,10-11,13-16,18-19,33,38H,4,7-9,12,17H2,1-3H3/t19-/m1/s1. The molecule has 1 saturated heterocycles. The van der Waals surface area contributed by atoms with Crippen LogP contribution >= 0.6 is 11.6 Å². The van der Waals surface area contributed by atoms with Gasteiger partial charge in [0.2, 0.25) is 0 Å². The largest absolute Gasteiger partial charge is 0.507 e. The molecule has 0 radical (unpaired) electrons. The number of aryl methyl sites for hydroxylation is 2. The molecule has 1 aliphatic heterocycles. The molecule has 1 aliphatic rings. The zero-order chi connectivity index (χ0) is 29.3. The number of phenols is 1. The zero-order valence-corrected chi connectivity index (χ0v) is 24.0. The first-order valence-electron chi connectivity index (χ1n) is 13.5. The average molecular weight is 582 g/mol. The zero-order valence-electron chi connectivity index (χ0n) is 23.2.